The van der Waals surface area contributed by atoms with Gasteiger partial charge in [0, 0.05) is 25.7 Å². The lowest BCUT2D eigenvalue weighted by Gasteiger charge is -2.22. The first-order valence-corrected chi connectivity index (χ1v) is 6.83. The van der Waals surface area contributed by atoms with Crippen molar-refractivity contribution in [2.45, 2.75) is 13.0 Å². The van der Waals surface area contributed by atoms with Gasteiger partial charge in [0.05, 0.1) is 5.75 Å². The lowest BCUT2D eigenvalue weighted by atomic mass is 10.1. The zero-order valence-electron chi connectivity index (χ0n) is 9.68. The number of rotatable bonds is 4. The van der Waals surface area contributed by atoms with Gasteiger partial charge in [0.1, 0.15) is 0 Å². The second-order valence-electron chi connectivity index (χ2n) is 4.43. The lowest BCUT2D eigenvalue weighted by molar-refractivity contribution is 0.263. The van der Waals surface area contributed by atoms with Crippen molar-refractivity contribution in [3.63, 3.8) is 0 Å². The monoisotopic (exact) mass is 235 g/mol. The zero-order chi connectivity index (χ0) is 11.6. The Morgan fingerprint density at radius 2 is 2.00 bits per heavy atom. The number of hydrogen-bond acceptors (Lipinski definition) is 4. The molecular formula is C9H21N3O2S. The molecule has 1 aliphatic heterocycles. The van der Waals surface area contributed by atoms with Crippen molar-refractivity contribution < 1.29 is 8.42 Å². The third-order valence-corrected chi connectivity index (χ3v) is 4.81. The maximum absolute atomic E-state index is 11.8. The molecule has 1 fully saturated rings. The van der Waals surface area contributed by atoms with E-state index in [0.29, 0.717) is 25.0 Å². The molecule has 0 aromatic carbocycles. The third kappa shape index (κ3) is 2.90. The number of sulfonamides is 1. The fraction of sp³-hybridized carbons (Fsp3) is 1.00. The lowest BCUT2D eigenvalue weighted by Crippen LogP contribution is -2.37. The molecule has 5 nitrogen and oxygen atoms in total. The summed E-state index contributed by atoms with van der Waals surface area (Å²) >= 11 is 0. The molecule has 0 aromatic rings. The SMILES string of the molecule is CC1CN(S(=O)(=O)CCN)CC1N(C)C. The Kier molecular flexibility index (Phi) is 4.11. The minimum absolute atomic E-state index is 0.0554. The fourth-order valence-electron chi connectivity index (χ4n) is 2.08. The molecule has 1 aliphatic rings. The number of likely N-dealkylation sites (N-methyl/N-ethyl adjacent to an activating group) is 1. The highest BCUT2D eigenvalue weighted by Crippen LogP contribution is 2.22. The van der Waals surface area contributed by atoms with Gasteiger partial charge in [-0.25, -0.2) is 8.42 Å². The second-order valence-corrected chi connectivity index (χ2v) is 6.52. The summed E-state index contributed by atoms with van der Waals surface area (Å²) in [5.74, 6) is 0.437. The molecule has 2 unspecified atom stereocenters. The largest absolute Gasteiger partial charge is 0.329 e. The Balaban J connectivity index is 2.70. The predicted octanol–water partition coefficient (Wildman–Crippen LogP) is -0.843. The Morgan fingerprint density at radius 1 is 1.40 bits per heavy atom. The summed E-state index contributed by atoms with van der Waals surface area (Å²) in [7, 11) is 0.845. The summed E-state index contributed by atoms with van der Waals surface area (Å²) in [5.41, 5.74) is 5.30. The van der Waals surface area contributed by atoms with Gasteiger partial charge in [-0.15, -0.1) is 0 Å². The summed E-state index contributed by atoms with van der Waals surface area (Å²) in [6.45, 7) is 3.49. The Morgan fingerprint density at radius 3 is 2.40 bits per heavy atom. The summed E-state index contributed by atoms with van der Waals surface area (Å²) in [4.78, 5) is 2.09. The molecule has 6 heteroatoms. The average Bonchev–Trinajstić information content (AvgIpc) is 2.47. The number of nitrogens with two attached hydrogens (primary N) is 1. The van der Waals surface area contributed by atoms with Gasteiger partial charge in [-0.3, -0.25) is 0 Å². The standard InChI is InChI=1S/C9H21N3O2S/c1-8-6-12(7-9(8)11(2)3)15(13,14)5-4-10/h8-9H,4-7,10H2,1-3H3. The minimum atomic E-state index is -3.13. The Bertz CT molecular complexity index is 302. The quantitative estimate of drug-likeness (QED) is 0.690. The summed E-state index contributed by atoms with van der Waals surface area (Å²) in [5, 5.41) is 0. The van der Waals surface area contributed by atoms with Gasteiger partial charge in [-0.05, 0) is 20.0 Å². The maximum atomic E-state index is 11.8. The van der Waals surface area contributed by atoms with Gasteiger partial charge in [-0.2, -0.15) is 4.31 Å². The van der Waals surface area contributed by atoms with E-state index in [-0.39, 0.29) is 12.3 Å². The van der Waals surface area contributed by atoms with E-state index in [1.54, 1.807) is 4.31 Å². The van der Waals surface area contributed by atoms with E-state index in [1.807, 2.05) is 14.1 Å². The van der Waals surface area contributed by atoms with Crippen LogP contribution in [0.1, 0.15) is 6.92 Å². The van der Waals surface area contributed by atoms with Crippen LogP contribution in [0.4, 0.5) is 0 Å². The maximum Gasteiger partial charge on any atom is 0.215 e. The zero-order valence-corrected chi connectivity index (χ0v) is 10.5. The van der Waals surface area contributed by atoms with Crippen LogP contribution in [0, 0.1) is 5.92 Å². The van der Waals surface area contributed by atoms with Crippen molar-refractivity contribution in [1.29, 1.82) is 0 Å². The van der Waals surface area contributed by atoms with E-state index >= 15 is 0 Å². The molecular weight excluding hydrogens is 214 g/mol. The molecule has 1 saturated heterocycles. The Labute approximate surface area is 92.3 Å². The van der Waals surface area contributed by atoms with E-state index in [4.69, 9.17) is 5.73 Å². The van der Waals surface area contributed by atoms with E-state index < -0.39 is 10.0 Å². The summed E-state index contributed by atoms with van der Waals surface area (Å²) < 4.78 is 25.1. The highest BCUT2D eigenvalue weighted by Gasteiger charge is 2.36. The molecule has 0 spiro atoms. The van der Waals surface area contributed by atoms with Crippen LogP contribution in [-0.2, 0) is 10.0 Å². The topological polar surface area (TPSA) is 66.6 Å². The van der Waals surface area contributed by atoms with Gasteiger partial charge in [0.25, 0.3) is 0 Å². The normalized spacial score (nSPS) is 28.9. The molecule has 90 valence electrons. The first-order valence-electron chi connectivity index (χ1n) is 5.23. The highest BCUT2D eigenvalue weighted by molar-refractivity contribution is 7.89. The van der Waals surface area contributed by atoms with Crippen LogP contribution in [0.3, 0.4) is 0 Å². The predicted molar refractivity (Wildman–Crippen MR) is 61.1 cm³/mol. The molecule has 0 bridgehead atoms. The summed E-state index contributed by atoms with van der Waals surface area (Å²) in [6, 6.07) is 0.317. The van der Waals surface area contributed by atoms with Crippen LogP contribution in [0.2, 0.25) is 0 Å². The fourth-order valence-corrected chi connectivity index (χ4v) is 3.48. The van der Waals surface area contributed by atoms with Crippen molar-refractivity contribution in [2.75, 3.05) is 39.5 Å². The average molecular weight is 235 g/mol. The van der Waals surface area contributed by atoms with E-state index in [2.05, 4.69) is 11.8 Å². The molecule has 1 rings (SSSR count). The molecule has 0 radical (unpaired) electrons. The third-order valence-electron chi connectivity index (χ3n) is 2.97. The molecule has 2 N–H and O–H groups in total. The molecule has 0 aromatic heterocycles. The van der Waals surface area contributed by atoms with Gasteiger partial charge in [0.2, 0.25) is 10.0 Å². The van der Waals surface area contributed by atoms with Crippen molar-refractivity contribution >= 4 is 10.0 Å². The van der Waals surface area contributed by atoms with Crippen LogP contribution in [-0.4, -0.2) is 63.1 Å². The van der Waals surface area contributed by atoms with Crippen molar-refractivity contribution in [3.8, 4) is 0 Å². The highest BCUT2D eigenvalue weighted by atomic mass is 32.2. The Hall–Kier alpha value is -0.170. The molecule has 15 heavy (non-hydrogen) atoms. The van der Waals surface area contributed by atoms with Crippen molar-refractivity contribution in [2.24, 2.45) is 11.7 Å². The molecule has 1 heterocycles. The first-order chi connectivity index (χ1) is 6.88. The minimum Gasteiger partial charge on any atom is -0.329 e. The first kappa shape index (κ1) is 12.9. The van der Waals surface area contributed by atoms with Crippen LogP contribution >= 0.6 is 0 Å². The number of hydrogen-bond donors (Lipinski definition) is 1. The van der Waals surface area contributed by atoms with Crippen LogP contribution in [0.5, 0.6) is 0 Å². The van der Waals surface area contributed by atoms with Gasteiger partial charge >= 0.3 is 0 Å². The second kappa shape index (κ2) is 4.78. The van der Waals surface area contributed by atoms with Crippen molar-refractivity contribution in [3.05, 3.63) is 0 Å². The van der Waals surface area contributed by atoms with E-state index in [0.717, 1.165) is 0 Å². The van der Waals surface area contributed by atoms with E-state index in [9.17, 15) is 8.42 Å². The van der Waals surface area contributed by atoms with E-state index in [1.165, 1.54) is 0 Å². The smallest absolute Gasteiger partial charge is 0.215 e. The van der Waals surface area contributed by atoms with Crippen LogP contribution in [0.15, 0.2) is 0 Å². The van der Waals surface area contributed by atoms with Gasteiger partial charge in [0.15, 0.2) is 0 Å². The van der Waals surface area contributed by atoms with Gasteiger partial charge < -0.3 is 10.6 Å². The summed E-state index contributed by atoms with van der Waals surface area (Å²) in [6.07, 6.45) is 0. The van der Waals surface area contributed by atoms with Gasteiger partial charge in [-0.1, -0.05) is 6.92 Å². The van der Waals surface area contributed by atoms with Crippen LogP contribution in [0.25, 0.3) is 0 Å². The van der Waals surface area contributed by atoms with Crippen LogP contribution < -0.4 is 5.73 Å². The molecule has 2 atom stereocenters. The molecule has 0 aliphatic carbocycles. The molecule has 0 saturated carbocycles. The number of nitrogens with zero attached hydrogens (tertiary/aromatic N) is 2. The van der Waals surface area contributed by atoms with Crippen molar-refractivity contribution in [1.82, 2.24) is 9.21 Å². The molecule has 0 amide bonds.